The molecular weight excluding hydrogens is 250 g/mol. The van der Waals surface area contributed by atoms with Gasteiger partial charge in [0.25, 0.3) is 0 Å². The fraction of sp³-hybridized carbons (Fsp3) is 0.667. The van der Waals surface area contributed by atoms with Crippen molar-refractivity contribution in [2.24, 2.45) is 0 Å². The van der Waals surface area contributed by atoms with Gasteiger partial charge in [0.15, 0.2) is 6.29 Å². The van der Waals surface area contributed by atoms with E-state index >= 15 is 0 Å². The maximum Gasteiger partial charge on any atom is 0.473 e. The highest BCUT2D eigenvalue weighted by atomic mass is 35.5. The lowest BCUT2D eigenvalue weighted by molar-refractivity contribution is -0.148. The third-order valence-corrected chi connectivity index (χ3v) is 2.70. The fourth-order valence-electron chi connectivity index (χ4n) is 0.552. The van der Waals surface area contributed by atoms with Crippen LogP contribution in [0.3, 0.4) is 0 Å². The van der Waals surface area contributed by atoms with Gasteiger partial charge in [0.1, 0.15) is 0 Å². The number of carboxylic acid groups (broad SMARTS) is 1. The molecule has 7 nitrogen and oxygen atoms in total. The fourth-order valence-corrected chi connectivity index (χ4v) is 1.71. The van der Waals surface area contributed by atoms with E-state index in [0.717, 1.165) is 0 Å². The van der Waals surface area contributed by atoms with Gasteiger partial charge >= 0.3 is 13.8 Å². The van der Waals surface area contributed by atoms with Crippen LogP contribution in [0.5, 0.6) is 0 Å². The van der Waals surface area contributed by atoms with Crippen molar-refractivity contribution in [2.75, 3.05) is 5.88 Å². The topological polar surface area (TPSA) is 110 Å². The van der Waals surface area contributed by atoms with Crippen LogP contribution >= 0.6 is 19.4 Å². The van der Waals surface area contributed by atoms with Gasteiger partial charge in [0, 0.05) is 5.88 Å². The predicted molar refractivity (Wildman–Crippen MR) is 49.7 cm³/mol. The Balaban J connectivity index is 4.41. The summed E-state index contributed by atoms with van der Waals surface area (Å²) in [6.45, 7) is 1.38. The van der Waals surface area contributed by atoms with Crippen LogP contribution in [-0.4, -0.2) is 40.3 Å². The minimum Gasteiger partial charge on any atom is -0.479 e. The third kappa shape index (κ3) is 5.86. The van der Waals surface area contributed by atoms with Crippen LogP contribution in [0.4, 0.5) is 0 Å². The quantitative estimate of drug-likeness (QED) is 0.295. The highest BCUT2D eigenvalue weighted by Crippen LogP contribution is 2.45. The molecule has 0 rings (SSSR count). The Labute approximate surface area is 90.6 Å². The van der Waals surface area contributed by atoms with E-state index in [0.29, 0.717) is 0 Å². The van der Waals surface area contributed by atoms with Crippen LogP contribution < -0.4 is 0 Å². The molecule has 15 heavy (non-hydrogen) atoms. The molecule has 0 aliphatic carbocycles. The second kappa shape index (κ2) is 6.19. The number of phosphoric ester groups is 1. The second-order valence-electron chi connectivity index (χ2n) is 2.54. The first kappa shape index (κ1) is 14.5. The number of alkyl halides is 1. The molecule has 0 spiro atoms. The third-order valence-electron chi connectivity index (χ3n) is 1.14. The normalized spacial score (nSPS) is 18.9. The molecule has 0 amide bonds. The molecule has 0 bridgehead atoms. The Bertz CT molecular complexity index is 281. The summed E-state index contributed by atoms with van der Waals surface area (Å²) in [7, 11) is -4.59. The monoisotopic (exact) mass is 260 g/mol. The molecule has 0 aromatic carbocycles. The smallest absolute Gasteiger partial charge is 0.473 e. The van der Waals surface area contributed by atoms with Gasteiger partial charge in [-0.2, -0.15) is 0 Å². The average molecular weight is 261 g/mol. The molecule has 0 heterocycles. The number of hydrogen-bond acceptors (Lipinski definition) is 5. The van der Waals surface area contributed by atoms with Crippen molar-refractivity contribution in [2.45, 2.75) is 19.1 Å². The van der Waals surface area contributed by atoms with Crippen molar-refractivity contribution < 1.29 is 33.2 Å². The molecule has 0 aliphatic rings. The Hall–Kier alpha value is -0.460. The van der Waals surface area contributed by atoms with Crippen molar-refractivity contribution in [3.8, 4) is 0 Å². The molecule has 2 N–H and O–H groups in total. The first-order valence-corrected chi connectivity index (χ1v) is 5.79. The Kier molecular flexibility index (Phi) is 6.00. The highest BCUT2D eigenvalue weighted by molar-refractivity contribution is 7.47. The molecule has 3 atom stereocenters. The molecular formula is C6H10ClO7P. The summed E-state index contributed by atoms with van der Waals surface area (Å²) in [5.41, 5.74) is 0. The Morgan fingerprint density at radius 2 is 2.13 bits per heavy atom. The number of phosphoric acid groups is 1. The van der Waals surface area contributed by atoms with E-state index in [1.807, 2.05) is 0 Å². The summed E-state index contributed by atoms with van der Waals surface area (Å²) >= 11 is 5.29. The van der Waals surface area contributed by atoms with E-state index in [2.05, 4.69) is 9.05 Å². The van der Waals surface area contributed by atoms with Crippen LogP contribution in [-0.2, 0) is 23.2 Å². The van der Waals surface area contributed by atoms with E-state index in [1.54, 1.807) is 0 Å². The van der Waals surface area contributed by atoms with E-state index in [-0.39, 0.29) is 12.2 Å². The van der Waals surface area contributed by atoms with Crippen molar-refractivity contribution >= 4 is 31.7 Å². The molecule has 0 aromatic heterocycles. The van der Waals surface area contributed by atoms with Gasteiger partial charge in [-0.25, -0.2) is 9.36 Å². The van der Waals surface area contributed by atoms with Crippen LogP contribution in [0.2, 0.25) is 0 Å². The number of hydrogen-bond donors (Lipinski definition) is 2. The Morgan fingerprint density at radius 1 is 1.60 bits per heavy atom. The molecule has 9 heteroatoms. The van der Waals surface area contributed by atoms with Gasteiger partial charge in [-0.05, 0) is 6.92 Å². The molecule has 0 saturated heterocycles. The SMILES string of the molecule is CC(CCl)OP(=O)(O)OC(C=O)C(=O)O. The zero-order valence-electron chi connectivity index (χ0n) is 7.70. The standard InChI is InChI=1S/C6H10ClO7P/c1-4(2-7)13-15(11,12)14-5(3-8)6(9)10/h3-5H,2H2,1H3,(H,9,10)(H,11,12). The van der Waals surface area contributed by atoms with Crippen LogP contribution in [0, 0.1) is 0 Å². The van der Waals surface area contributed by atoms with E-state index in [4.69, 9.17) is 21.6 Å². The summed E-state index contributed by atoms with van der Waals surface area (Å²) in [4.78, 5) is 29.4. The number of aldehydes is 1. The summed E-state index contributed by atoms with van der Waals surface area (Å²) in [6, 6.07) is 0. The molecule has 0 radical (unpaired) electrons. The summed E-state index contributed by atoms with van der Waals surface area (Å²) in [5, 5.41) is 8.36. The summed E-state index contributed by atoms with van der Waals surface area (Å²) in [6.07, 6.45) is -2.97. The number of halogens is 1. The van der Waals surface area contributed by atoms with E-state index < -0.39 is 26.0 Å². The number of aliphatic carboxylic acids is 1. The molecule has 0 saturated carbocycles. The molecule has 88 valence electrons. The van der Waals surface area contributed by atoms with Crippen molar-refractivity contribution in [1.29, 1.82) is 0 Å². The number of carboxylic acids is 1. The largest absolute Gasteiger partial charge is 0.479 e. The van der Waals surface area contributed by atoms with Crippen molar-refractivity contribution in [3.63, 3.8) is 0 Å². The minimum absolute atomic E-state index is 0.0766. The first-order chi connectivity index (χ1) is 6.82. The summed E-state index contributed by atoms with van der Waals surface area (Å²) < 4.78 is 19.6. The van der Waals surface area contributed by atoms with E-state index in [1.165, 1.54) is 6.92 Å². The zero-order chi connectivity index (χ0) is 12.1. The van der Waals surface area contributed by atoms with Gasteiger partial charge in [-0.15, -0.1) is 11.6 Å². The van der Waals surface area contributed by atoms with Gasteiger partial charge in [0.05, 0.1) is 6.10 Å². The van der Waals surface area contributed by atoms with E-state index in [9.17, 15) is 14.2 Å². The van der Waals surface area contributed by atoms with Gasteiger partial charge in [-0.1, -0.05) is 0 Å². The van der Waals surface area contributed by atoms with Gasteiger partial charge in [-0.3, -0.25) is 13.8 Å². The second-order valence-corrected chi connectivity index (χ2v) is 4.21. The lowest BCUT2D eigenvalue weighted by atomic mass is 10.4. The Morgan fingerprint density at radius 3 is 2.47 bits per heavy atom. The molecule has 0 fully saturated rings. The lowest BCUT2D eigenvalue weighted by Gasteiger charge is -2.16. The first-order valence-electron chi connectivity index (χ1n) is 3.76. The minimum atomic E-state index is -4.59. The van der Waals surface area contributed by atoms with Gasteiger partial charge < -0.3 is 10.00 Å². The maximum atomic E-state index is 11.1. The molecule has 3 unspecified atom stereocenters. The lowest BCUT2D eigenvalue weighted by Crippen LogP contribution is -2.25. The average Bonchev–Trinajstić information content (AvgIpc) is 2.13. The number of rotatable bonds is 7. The van der Waals surface area contributed by atoms with Crippen LogP contribution in [0.25, 0.3) is 0 Å². The zero-order valence-corrected chi connectivity index (χ0v) is 9.35. The molecule has 0 aliphatic heterocycles. The van der Waals surface area contributed by atoms with Crippen molar-refractivity contribution in [3.05, 3.63) is 0 Å². The van der Waals surface area contributed by atoms with Crippen molar-refractivity contribution in [1.82, 2.24) is 0 Å². The number of carbonyl (C=O) groups is 2. The van der Waals surface area contributed by atoms with Crippen LogP contribution in [0.15, 0.2) is 0 Å². The molecule has 0 aromatic rings. The van der Waals surface area contributed by atoms with Gasteiger partial charge in [0.2, 0.25) is 6.10 Å². The van der Waals surface area contributed by atoms with Crippen LogP contribution in [0.1, 0.15) is 6.92 Å². The summed E-state index contributed by atoms with van der Waals surface area (Å²) in [5.74, 6) is -1.76. The predicted octanol–water partition coefficient (Wildman–Crippen LogP) is 0.399. The maximum absolute atomic E-state index is 11.1. The number of carbonyl (C=O) groups excluding carboxylic acids is 1. The highest BCUT2D eigenvalue weighted by Gasteiger charge is 2.32.